The number of hydrogen-bond donors (Lipinski definition) is 1. The lowest BCUT2D eigenvalue weighted by atomic mass is 9.72. The van der Waals surface area contributed by atoms with Crippen molar-refractivity contribution in [3.8, 4) is 0 Å². The molecule has 0 radical (unpaired) electrons. The van der Waals surface area contributed by atoms with Crippen LogP contribution in [-0.2, 0) is 0 Å². The molecule has 1 saturated heterocycles. The summed E-state index contributed by atoms with van der Waals surface area (Å²) < 4.78 is 0. The number of aliphatic hydroxyl groups is 1. The van der Waals surface area contributed by atoms with Gasteiger partial charge >= 0.3 is 0 Å². The fourth-order valence-corrected chi connectivity index (χ4v) is 2.98. The van der Waals surface area contributed by atoms with Crippen molar-refractivity contribution < 1.29 is 5.11 Å². The number of nitrogens with zero attached hydrogens (tertiary/aromatic N) is 1. The van der Waals surface area contributed by atoms with Crippen molar-refractivity contribution in [2.75, 3.05) is 7.05 Å². The third kappa shape index (κ3) is 2.05. The zero-order chi connectivity index (χ0) is 10.5. The highest BCUT2D eigenvalue weighted by Crippen LogP contribution is 2.41. The van der Waals surface area contributed by atoms with E-state index in [0.717, 1.165) is 12.8 Å². The Morgan fingerprint density at radius 1 is 0.923 bits per heavy atom. The molecular weight excluding hydrogens is 162 g/mol. The molecule has 1 aliphatic heterocycles. The summed E-state index contributed by atoms with van der Waals surface area (Å²) >= 11 is 0. The van der Waals surface area contributed by atoms with E-state index in [0.29, 0.717) is 0 Å². The van der Waals surface area contributed by atoms with Crippen LogP contribution in [-0.4, -0.2) is 33.7 Å². The van der Waals surface area contributed by atoms with E-state index in [1.54, 1.807) is 0 Å². The van der Waals surface area contributed by atoms with E-state index in [1.165, 1.54) is 0 Å². The van der Waals surface area contributed by atoms with Gasteiger partial charge in [-0.2, -0.15) is 0 Å². The molecule has 0 saturated carbocycles. The first kappa shape index (κ1) is 11.0. The van der Waals surface area contributed by atoms with Crippen LogP contribution in [0, 0.1) is 0 Å². The average Bonchev–Trinajstić information content (AvgIpc) is 1.77. The molecule has 0 aromatic heterocycles. The Morgan fingerprint density at radius 2 is 1.23 bits per heavy atom. The van der Waals surface area contributed by atoms with Crippen LogP contribution in [0.4, 0.5) is 0 Å². The van der Waals surface area contributed by atoms with Crippen LogP contribution < -0.4 is 0 Å². The Balaban J connectivity index is 2.96. The fraction of sp³-hybridized carbons (Fsp3) is 1.00. The maximum atomic E-state index is 10.1. The van der Waals surface area contributed by atoms with Crippen LogP contribution >= 0.6 is 0 Å². The Labute approximate surface area is 81.9 Å². The third-order valence-electron chi connectivity index (χ3n) is 3.44. The second-order valence-electron chi connectivity index (χ2n) is 6.03. The average molecular weight is 185 g/mol. The smallest absolute Gasteiger partial charge is 0.0654 e. The first-order valence-electron chi connectivity index (χ1n) is 5.03. The van der Waals surface area contributed by atoms with Gasteiger partial charge in [0.25, 0.3) is 0 Å². The van der Waals surface area contributed by atoms with Crippen molar-refractivity contribution in [1.29, 1.82) is 0 Å². The molecular formula is C11H23NO. The molecule has 0 atom stereocenters. The Kier molecular flexibility index (Phi) is 2.29. The van der Waals surface area contributed by atoms with Gasteiger partial charge in [0.15, 0.2) is 0 Å². The minimum Gasteiger partial charge on any atom is -0.390 e. The summed E-state index contributed by atoms with van der Waals surface area (Å²) in [5.74, 6) is 0. The molecule has 0 aromatic rings. The van der Waals surface area contributed by atoms with Crippen LogP contribution in [0.3, 0.4) is 0 Å². The van der Waals surface area contributed by atoms with E-state index in [2.05, 4.69) is 39.6 Å². The normalized spacial score (nSPS) is 31.6. The van der Waals surface area contributed by atoms with Crippen molar-refractivity contribution in [3.05, 3.63) is 0 Å². The largest absolute Gasteiger partial charge is 0.390 e. The monoisotopic (exact) mass is 185 g/mol. The Hall–Kier alpha value is -0.0800. The number of likely N-dealkylation sites (tertiary alicyclic amines) is 1. The molecule has 1 fully saturated rings. The molecule has 0 aromatic carbocycles. The van der Waals surface area contributed by atoms with Crippen LogP contribution in [0.1, 0.15) is 47.5 Å². The van der Waals surface area contributed by atoms with Crippen LogP contribution in [0.15, 0.2) is 0 Å². The Morgan fingerprint density at radius 3 is 1.54 bits per heavy atom. The van der Waals surface area contributed by atoms with Crippen molar-refractivity contribution >= 4 is 0 Å². The van der Waals surface area contributed by atoms with Gasteiger partial charge in [-0.3, -0.25) is 4.90 Å². The lowest BCUT2D eigenvalue weighted by Crippen LogP contribution is -2.63. The van der Waals surface area contributed by atoms with E-state index < -0.39 is 5.60 Å². The minimum atomic E-state index is -0.514. The molecule has 0 amide bonds. The van der Waals surface area contributed by atoms with Crippen LogP contribution in [0.25, 0.3) is 0 Å². The summed E-state index contributed by atoms with van der Waals surface area (Å²) in [5, 5.41) is 10.1. The highest BCUT2D eigenvalue weighted by atomic mass is 16.3. The molecule has 1 rings (SSSR count). The highest BCUT2D eigenvalue weighted by Gasteiger charge is 2.47. The molecule has 1 heterocycles. The van der Waals surface area contributed by atoms with E-state index in [-0.39, 0.29) is 11.1 Å². The summed E-state index contributed by atoms with van der Waals surface area (Å²) in [6.07, 6.45) is 1.69. The van der Waals surface area contributed by atoms with Crippen LogP contribution in [0.5, 0.6) is 0 Å². The van der Waals surface area contributed by atoms with E-state index in [1.807, 2.05) is 6.92 Å². The summed E-state index contributed by atoms with van der Waals surface area (Å²) in [6.45, 7) is 10.7. The van der Waals surface area contributed by atoms with Crippen molar-refractivity contribution in [2.24, 2.45) is 0 Å². The quantitative estimate of drug-likeness (QED) is 0.624. The fourth-order valence-electron chi connectivity index (χ4n) is 2.98. The minimum absolute atomic E-state index is 0.0885. The topological polar surface area (TPSA) is 23.5 Å². The molecule has 1 N–H and O–H groups in total. The zero-order valence-electron chi connectivity index (χ0n) is 9.81. The van der Waals surface area contributed by atoms with Gasteiger partial charge < -0.3 is 5.11 Å². The molecule has 0 bridgehead atoms. The van der Waals surface area contributed by atoms with Gasteiger partial charge in [0.1, 0.15) is 0 Å². The van der Waals surface area contributed by atoms with Crippen molar-refractivity contribution in [2.45, 2.75) is 64.1 Å². The van der Waals surface area contributed by atoms with Gasteiger partial charge in [0, 0.05) is 11.1 Å². The molecule has 0 aliphatic carbocycles. The third-order valence-corrected chi connectivity index (χ3v) is 3.44. The zero-order valence-corrected chi connectivity index (χ0v) is 9.81. The van der Waals surface area contributed by atoms with E-state index in [9.17, 15) is 5.11 Å². The highest BCUT2D eigenvalue weighted by molar-refractivity contribution is 5.03. The lowest BCUT2D eigenvalue weighted by molar-refractivity contribution is -0.114. The standard InChI is InChI=1S/C11H23NO/c1-9(2)7-11(5,13)8-10(3,4)12(9)6/h13H,7-8H2,1-6H3. The van der Waals surface area contributed by atoms with E-state index >= 15 is 0 Å². The van der Waals surface area contributed by atoms with Gasteiger partial charge in [-0.05, 0) is 54.5 Å². The molecule has 1 aliphatic rings. The van der Waals surface area contributed by atoms with Gasteiger partial charge in [-0.15, -0.1) is 0 Å². The molecule has 78 valence electrons. The molecule has 13 heavy (non-hydrogen) atoms. The van der Waals surface area contributed by atoms with Crippen molar-refractivity contribution in [3.63, 3.8) is 0 Å². The SMILES string of the molecule is CN1C(C)(C)CC(C)(O)CC1(C)C. The second kappa shape index (κ2) is 2.71. The lowest BCUT2D eigenvalue weighted by Gasteiger charge is -2.55. The van der Waals surface area contributed by atoms with Gasteiger partial charge in [0.05, 0.1) is 5.60 Å². The predicted molar refractivity (Wildman–Crippen MR) is 55.8 cm³/mol. The summed E-state index contributed by atoms with van der Waals surface area (Å²) in [4.78, 5) is 2.37. The molecule has 2 nitrogen and oxygen atoms in total. The maximum absolute atomic E-state index is 10.1. The number of piperidine rings is 1. The molecule has 0 unspecified atom stereocenters. The number of rotatable bonds is 0. The number of hydrogen-bond acceptors (Lipinski definition) is 2. The molecule has 2 heteroatoms. The maximum Gasteiger partial charge on any atom is 0.0654 e. The summed E-state index contributed by atoms with van der Waals surface area (Å²) in [7, 11) is 2.15. The van der Waals surface area contributed by atoms with Crippen LogP contribution in [0.2, 0.25) is 0 Å². The molecule has 0 spiro atoms. The first-order valence-corrected chi connectivity index (χ1v) is 5.03. The van der Waals surface area contributed by atoms with Crippen molar-refractivity contribution in [1.82, 2.24) is 4.90 Å². The predicted octanol–water partition coefficient (Wildman–Crippen LogP) is 2.02. The van der Waals surface area contributed by atoms with E-state index in [4.69, 9.17) is 0 Å². The van der Waals surface area contributed by atoms with Gasteiger partial charge in [-0.25, -0.2) is 0 Å². The summed E-state index contributed by atoms with van der Waals surface area (Å²) in [5.41, 5.74) is -0.337. The van der Waals surface area contributed by atoms with Gasteiger partial charge in [0.2, 0.25) is 0 Å². The van der Waals surface area contributed by atoms with Gasteiger partial charge in [-0.1, -0.05) is 0 Å². The summed E-state index contributed by atoms with van der Waals surface area (Å²) in [6, 6.07) is 0. The second-order valence-corrected chi connectivity index (χ2v) is 6.03. The Bertz CT molecular complexity index is 186. The first-order chi connectivity index (χ1) is 5.57.